The molecule has 8 nitrogen and oxygen atoms in total. The Labute approximate surface area is 207 Å². The Hall–Kier alpha value is -3.72. The van der Waals surface area contributed by atoms with Gasteiger partial charge in [-0.15, -0.1) is 11.3 Å². The Morgan fingerprint density at radius 3 is 2.29 bits per heavy atom. The van der Waals surface area contributed by atoms with Gasteiger partial charge in [0.05, 0.1) is 5.01 Å². The second-order valence-electron chi connectivity index (χ2n) is 8.29. The summed E-state index contributed by atoms with van der Waals surface area (Å²) in [4.78, 5) is 40.9. The second-order valence-corrected chi connectivity index (χ2v) is 9.58. The van der Waals surface area contributed by atoms with Crippen molar-refractivity contribution in [2.75, 3.05) is 13.2 Å². The smallest absolute Gasteiger partial charge is 0.407 e. The summed E-state index contributed by atoms with van der Waals surface area (Å²) in [5.74, 6) is -1.44. The summed E-state index contributed by atoms with van der Waals surface area (Å²) >= 11 is 1.30. The highest BCUT2D eigenvalue weighted by Gasteiger charge is 2.29. The Kier molecular flexibility index (Phi) is 7.45. The van der Waals surface area contributed by atoms with E-state index in [1.54, 1.807) is 13.8 Å². The van der Waals surface area contributed by atoms with Crippen LogP contribution >= 0.6 is 11.3 Å². The number of aromatic nitrogens is 1. The summed E-state index contributed by atoms with van der Waals surface area (Å²) in [6.07, 6.45) is 0.164. The quantitative estimate of drug-likeness (QED) is 0.413. The number of hydrogen-bond acceptors (Lipinski definition) is 6. The van der Waals surface area contributed by atoms with E-state index in [-0.39, 0.29) is 30.7 Å². The maximum atomic E-state index is 12.6. The molecule has 182 valence electrons. The molecular weight excluding hydrogens is 466 g/mol. The van der Waals surface area contributed by atoms with Crippen LogP contribution in [0.1, 0.15) is 50.8 Å². The molecule has 2 amide bonds. The number of nitrogens with one attached hydrogen (secondary N) is 2. The van der Waals surface area contributed by atoms with Gasteiger partial charge in [-0.25, -0.2) is 14.6 Å². The normalized spacial score (nSPS) is 13.0. The number of nitrogens with zero attached hydrogens (tertiary/aromatic N) is 1. The van der Waals surface area contributed by atoms with Gasteiger partial charge >= 0.3 is 12.1 Å². The predicted molar refractivity (Wildman–Crippen MR) is 133 cm³/mol. The molecule has 4 rings (SSSR count). The molecule has 0 fully saturated rings. The molecule has 1 atom stereocenters. The Balaban J connectivity index is 1.29. The van der Waals surface area contributed by atoms with Crippen LogP contribution in [-0.4, -0.2) is 47.3 Å². The zero-order chi connectivity index (χ0) is 24.9. The summed E-state index contributed by atoms with van der Waals surface area (Å²) in [7, 11) is 0. The van der Waals surface area contributed by atoms with Crippen LogP contribution in [0.15, 0.2) is 48.5 Å². The van der Waals surface area contributed by atoms with Crippen molar-refractivity contribution < 1.29 is 24.2 Å². The number of carbonyl (C=O) groups excluding carboxylic acids is 2. The van der Waals surface area contributed by atoms with Gasteiger partial charge in [0, 0.05) is 23.8 Å². The van der Waals surface area contributed by atoms with E-state index in [2.05, 4.69) is 27.8 Å². The minimum absolute atomic E-state index is 0.0414. The zero-order valence-corrected chi connectivity index (χ0v) is 20.4. The van der Waals surface area contributed by atoms with E-state index >= 15 is 0 Å². The van der Waals surface area contributed by atoms with Gasteiger partial charge in [0.1, 0.15) is 12.6 Å². The van der Waals surface area contributed by atoms with E-state index in [0.717, 1.165) is 22.3 Å². The predicted octanol–water partition coefficient (Wildman–Crippen LogP) is 4.13. The molecule has 1 aliphatic carbocycles. The number of amides is 2. The summed E-state index contributed by atoms with van der Waals surface area (Å²) in [5, 5.41) is 15.2. The number of benzene rings is 2. The standard InChI is InChI=1S/C26H27N3O5S/c1-3-21(24(30)27-13-12-22-29-23(25(31)32)15(2)35-22)28-26(33)34-14-20-18-10-6-4-8-16(18)17-9-5-7-11-19(17)20/h4-11,20-21H,3,12-14H2,1-2H3,(H,27,30)(H,28,33)(H,31,32). The molecule has 9 heteroatoms. The topological polar surface area (TPSA) is 118 Å². The van der Waals surface area contributed by atoms with Gasteiger partial charge in [0.15, 0.2) is 5.69 Å². The Morgan fingerprint density at radius 1 is 1.09 bits per heavy atom. The molecule has 35 heavy (non-hydrogen) atoms. The number of ether oxygens (including phenoxy) is 1. The highest BCUT2D eigenvalue weighted by molar-refractivity contribution is 7.11. The van der Waals surface area contributed by atoms with Crippen molar-refractivity contribution in [2.24, 2.45) is 0 Å². The fourth-order valence-electron chi connectivity index (χ4n) is 4.31. The number of aromatic carboxylic acids is 1. The van der Waals surface area contributed by atoms with Crippen molar-refractivity contribution in [1.82, 2.24) is 15.6 Å². The summed E-state index contributed by atoms with van der Waals surface area (Å²) in [6, 6.07) is 15.4. The Bertz CT molecular complexity index is 1210. The molecular formula is C26H27N3O5S. The summed E-state index contributed by atoms with van der Waals surface area (Å²) in [5.41, 5.74) is 4.58. The van der Waals surface area contributed by atoms with Crippen LogP contribution < -0.4 is 10.6 Å². The third-order valence-corrected chi connectivity index (χ3v) is 7.07. The fraction of sp³-hybridized carbons (Fsp3) is 0.308. The lowest BCUT2D eigenvalue weighted by atomic mass is 9.98. The van der Waals surface area contributed by atoms with E-state index in [1.807, 2.05) is 36.4 Å². The van der Waals surface area contributed by atoms with Gasteiger partial charge in [-0.05, 0) is 35.6 Å². The van der Waals surface area contributed by atoms with Crippen molar-refractivity contribution in [2.45, 2.75) is 38.6 Å². The second kappa shape index (κ2) is 10.7. The monoisotopic (exact) mass is 493 g/mol. The van der Waals surface area contributed by atoms with E-state index < -0.39 is 18.1 Å². The molecule has 0 saturated heterocycles. The van der Waals surface area contributed by atoms with Crippen molar-refractivity contribution in [3.05, 3.63) is 75.2 Å². The van der Waals surface area contributed by atoms with Crippen LogP contribution in [0.3, 0.4) is 0 Å². The number of rotatable bonds is 9. The molecule has 0 bridgehead atoms. The number of aryl methyl sites for hydroxylation is 1. The van der Waals surface area contributed by atoms with E-state index in [0.29, 0.717) is 22.7 Å². The van der Waals surface area contributed by atoms with Gasteiger partial charge in [-0.2, -0.15) is 0 Å². The number of carboxylic acids is 1. The van der Waals surface area contributed by atoms with Gasteiger partial charge < -0.3 is 20.5 Å². The number of carboxylic acid groups (broad SMARTS) is 1. The Morgan fingerprint density at radius 2 is 1.71 bits per heavy atom. The third-order valence-electron chi connectivity index (χ3n) is 6.04. The molecule has 1 unspecified atom stereocenters. The van der Waals surface area contributed by atoms with Crippen molar-refractivity contribution in [1.29, 1.82) is 0 Å². The molecule has 2 aromatic carbocycles. The third kappa shape index (κ3) is 5.35. The van der Waals surface area contributed by atoms with Crippen LogP contribution in [0.2, 0.25) is 0 Å². The first-order valence-corrected chi connectivity index (χ1v) is 12.3. The molecule has 3 N–H and O–H groups in total. The lowest BCUT2D eigenvalue weighted by molar-refractivity contribution is -0.123. The first kappa shape index (κ1) is 24.4. The number of alkyl carbamates (subject to hydrolysis) is 1. The first-order chi connectivity index (χ1) is 16.9. The zero-order valence-electron chi connectivity index (χ0n) is 19.5. The van der Waals surface area contributed by atoms with Gasteiger partial charge in [0.25, 0.3) is 0 Å². The number of carbonyl (C=O) groups is 3. The molecule has 0 radical (unpaired) electrons. The SMILES string of the molecule is CCC(NC(=O)OCC1c2ccccc2-c2ccccc21)C(=O)NCCc1nc(C(=O)O)c(C)s1. The summed E-state index contributed by atoms with van der Waals surface area (Å²) in [6.45, 7) is 3.97. The maximum absolute atomic E-state index is 12.6. The fourth-order valence-corrected chi connectivity index (χ4v) is 5.23. The molecule has 0 spiro atoms. The van der Waals surface area contributed by atoms with E-state index in [4.69, 9.17) is 9.84 Å². The van der Waals surface area contributed by atoms with Crippen molar-refractivity contribution in [3.8, 4) is 11.1 Å². The first-order valence-electron chi connectivity index (χ1n) is 11.5. The molecule has 0 saturated carbocycles. The largest absolute Gasteiger partial charge is 0.476 e. The van der Waals surface area contributed by atoms with Crippen molar-refractivity contribution >= 4 is 29.3 Å². The highest BCUT2D eigenvalue weighted by atomic mass is 32.1. The van der Waals surface area contributed by atoms with Crippen molar-refractivity contribution in [3.63, 3.8) is 0 Å². The average molecular weight is 494 g/mol. The number of hydrogen-bond donors (Lipinski definition) is 3. The maximum Gasteiger partial charge on any atom is 0.407 e. The van der Waals surface area contributed by atoms with Crippen LogP contribution in [0.4, 0.5) is 4.79 Å². The average Bonchev–Trinajstić information content (AvgIpc) is 3.38. The van der Waals surface area contributed by atoms with Crippen LogP contribution in [0.5, 0.6) is 0 Å². The lowest BCUT2D eigenvalue weighted by Gasteiger charge is -2.18. The molecule has 3 aromatic rings. The van der Waals surface area contributed by atoms with Crippen LogP contribution in [0.25, 0.3) is 11.1 Å². The minimum atomic E-state index is -1.06. The van der Waals surface area contributed by atoms with Gasteiger partial charge in [-0.1, -0.05) is 55.5 Å². The van der Waals surface area contributed by atoms with Crippen LogP contribution in [-0.2, 0) is 16.0 Å². The van der Waals surface area contributed by atoms with Crippen LogP contribution in [0, 0.1) is 6.92 Å². The highest BCUT2D eigenvalue weighted by Crippen LogP contribution is 2.44. The number of thiazole rings is 1. The van der Waals surface area contributed by atoms with E-state index in [9.17, 15) is 14.4 Å². The minimum Gasteiger partial charge on any atom is -0.476 e. The molecule has 1 aliphatic rings. The molecule has 1 heterocycles. The summed E-state index contributed by atoms with van der Waals surface area (Å²) < 4.78 is 5.54. The molecule has 1 aromatic heterocycles. The van der Waals surface area contributed by atoms with E-state index in [1.165, 1.54) is 11.3 Å². The van der Waals surface area contributed by atoms with Gasteiger partial charge in [-0.3, -0.25) is 4.79 Å². The number of fused-ring (bicyclic) bond motifs is 3. The lowest BCUT2D eigenvalue weighted by Crippen LogP contribution is -2.47. The molecule has 0 aliphatic heterocycles. The van der Waals surface area contributed by atoms with Gasteiger partial charge in [0.2, 0.25) is 5.91 Å².